The van der Waals surface area contributed by atoms with E-state index in [0.29, 0.717) is 12.0 Å². The molecule has 9 heteroatoms. The number of thiophene rings is 1. The molecule has 0 aliphatic carbocycles. The molecule has 0 aromatic carbocycles. The fraction of sp³-hybridized carbons (Fsp3) is 0.111. The van der Waals surface area contributed by atoms with Crippen LogP contribution in [0.5, 0.6) is 0 Å². The number of anilines is 1. The summed E-state index contributed by atoms with van der Waals surface area (Å²) in [6.07, 6.45) is 0.479. The lowest BCUT2D eigenvalue weighted by atomic mass is 10.5. The second-order valence-electron chi connectivity index (χ2n) is 3.28. The first-order valence-electron chi connectivity index (χ1n) is 4.63. The normalized spacial score (nSPS) is 11.4. The van der Waals surface area contributed by atoms with Gasteiger partial charge >= 0.3 is 0 Å². The number of aryl methyl sites for hydroxylation is 1. The summed E-state index contributed by atoms with van der Waals surface area (Å²) in [7, 11) is -3.91. The van der Waals surface area contributed by atoms with E-state index in [9.17, 15) is 13.2 Å². The number of carbonyl (C=O) groups excluding carboxylic acids is 1. The van der Waals surface area contributed by atoms with Crippen molar-refractivity contribution in [2.24, 2.45) is 0 Å². The van der Waals surface area contributed by atoms with Gasteiger partial charge in [0.05, 0.1) is 4.88 Å². The fourth-order valence-electron chi connectivity index (χ4n) is 1.22. The molecule has 1 N–H and O–H groups in total. The Kier molecular flexibility index (Phi) is 3.42. The maximum Gasteiger partial charge on any atom is 0.265 e. The number of carbonyl (C=O) groups is 1. The molecule has 2 aromatic heterocycles. The van der Waals surface area contributed by atoms with E-state index in [0.717, 1.165) is 11.3 Å². The van der Waals surface area contributed by atoms with Crippen LogP contribution in [0.2, 0.25) is 5.02 Å². The molecular formula is C9H7ClN2O4S2. The predicted octanol–water partition coefficient (Wildman–Crippen LogP) is 2.31. The third-order valence-electron chi connectivity index (χ3n) is 2.07. The number of nitrogens with one attached hydrogen (secondary N) is 1. The first-order chi connectivity index (χ1) is 8.45. The number of aldehydes is 1. The van der Waals surface area contributed by atoms with Crippen molar-refractivity contribution < 1.29 is 17.7 Å². The summed E-state index contributed by atoms with van der Waals surface area (Å²) in [4.78, 5) is 10.7. The quantitative estimate of drug-likeness (QED) is 0.875. The highest BCUT2D eigenvalue weighted by molar-refractivity contribution is 7.93. The number of hydrogen-bond acceptors (Lipinski definition) is 6. The summed E-state index contributed by atoms with van der Waals surface area (Å²) in [5, 5.41) is 5.11. The Morgan fingerprint density at radius 2 is 2.28 bits per heavy atom. The smallest absolute Gasteiger partial charge is 0.265 e. The van der Waals surface area contributed by atoms with E-state index in [1.165, 1.54) is 11.4 Å². The van der Waals surface area contributed by atoms with Crippen molar-refractivity contribution in [2.45, 2.75) is 11.8 Å². The van der Waals surface area contributed by atoms with Crippen molar-refractivity contribution in [3.8, 4) is 0 Å². The zero-order chi connectivity index (χ0) is 13.3. The van der Waals surface area contributed by atoms with Gasteiger partial charge in [-0.15, -0.1) is 11.3 Å². The van der Waals surface area contributed by atoms with E-state index < -0.39 is 10.0 Å². The van der Waals surface area contributed by atoms with Crippen LogP contribution in [0.15, 0.2) is 20.9 Å². The standard InChI is InChI=1S/C9H7ClN2O4S2/c1-5-8(10)9(16-11-5)12-18(14,15)7-2-3-17-6(7)4-13/h2-4,12H,1H3. The van der Waals surface area contributed by atoms with Crippen molar-refractivity contribution >= 4 is 45.1 Å². The Bertz CT molecular complexity index is 689. The SMILES string of the molecule is Cc1noc(NS(=O)(=O)c2ccsc2C=O)c1Cl. The summed E-state index contributed by atoms with van der Waals surface area (Å²) in [6, 6.07) is 1.33. The Labute approximate surface area is 112 Å². The first kappa shape index (κ1) is 13.1. The maximum atomic E-state index is 12.0. The Balaban J connectivity index is 2.39. The summed E-state index contributed by atoms with van der Waals surface area (Å²) in [5.41, 5.74) is 0.371. The molecule has 96 valence electrons. The second kappa shape index (κ2) is 4.71. The topological polar surface area (TPSA) is 89.3 Å². The van der Waals surface area contributed by atoms with E-state index >= 15 is 0 Å². The van der Waals surface area contributed by atoms with E-state index in [1.807, 2.05) is 0 Å². The van der Waals surface area contributed by atoms with Crippen LogP contribution in [0.3, 0.4) is 0 Å². The Morgan fingerprint density at radius 1 is 1.56 bits per heavy atom. The fourth-order valence-corrected chi connectivity index (χ4v) is 3.59. The number of sulfonamides is 1. The van der Waals surface area contributed by atoms with Gasteiger partial charge in [0.2, 0.25) is 0 Å². The predicted molar refractivity (Wildman–Crippen MR) is 66.8 cm³/mol. The molecule has 0 saturated carbocycles. The lowest BCUT2D eigenvalue weighted by Gasteiger charge is -2.03. The molecule has 0 aliphatic heterocycles. The number of rotatable bonds is 4. The van der Waals surface area contributed by atoms with Crippen molar-refractivity contribution in [3.63, 3.8) is 0 Å². The molecule has 2 rings (SSSR count). The summed E-state index contributed by atoms with van der Waals surface area (Å²) >= 11 is 6.83. The minimum absolute atomic E-state index is 0.0847. The Morgan fingerprint density at radius 3 is 2.83 bits per heavy atom. The molecule has 0 amide bonds. The van der Waals surface area contributed by atoms with Gasteiger partial charge in [-0.2, -0.15) is 0 Å². The van der Waals surface area contributed by atoms with E-state index in [1.54, 1.807) is 6.92 Å². The first-order valence-corrected chi connectivity index (χ1v) is 7.37. The Hall–Kier alpha value is -1.38. The molecule has 2 heterocycles. The average Bonchev–Trinajstić information content (AvgIpc) is 2.91. The molecular weight excluding hydrogens is 300 g/mol. The highest BCUT2D eigenvalue weighted by Gasteiger charge is 2.23. The van der Waals surface area contributed by atoms with E-state index in [2.05, 4.69) is 9.88 Å². The largest absolute Gasteiger partial charge is 0.336 e. The van der Waals surface area contributed by atoms with Gasteiger partial charge in [0.1, 0.15) is 15.6 Å². The minimum Gasteiger partial charge on any atom is -0.336 e. The van der Waals surface area contributed by atoms with Crippen molar-refractivity contribution in [1.29, 1.82) is 0 Å². The third kappa shape index (κ3) is 2.26. The van der Waals surface area contributed by atoms with Crippen LogP contribution < -0.4 is 4.72 Å². The molecule has 2 aromatic rings. The van der Waals surface area contributed by atoms with E-state index in [4.69, 9.17) is 16.1 Å². The number of nitrogens with zero attached hydrogens (tertiary/aromatic N) is 1. The molecule has 0 bridgehead atoms. The molecule has 0 fully saturated rings. The second-order valence-corrected chi connectivity index (χ2v) is 6.26. The molecule has 0 unspecified atom stereocenters. The van der Waals surface area contributed by atoms with Crippen LogP contribution in [0.1, 0.15) is 15.4 Å². The minimum atomic E-state index is -3.91. The van der Waals surface area contributed by atoms with Gasteiger partial charge in [-0.05, 0) is 18.4 Å². The van der Waals surface area contributed by atoms with Crippen LogP contribution in [-0.2, 0) is 10.0 Å². The van der Waals surface area contributed by atoms with E-state index in [-0.39, 0.29) is 20.7 Å². The molecule has 0 radical (unpaired) electrons. The average molecular weight is 307 g/mol. The van der Waals surface area contributed by atoms with Gasteiger partial charge < -0.3 is 4.52 Å². The van der Waals surface area contributed by atoms with Gasteiger partial charge in [-0.3, -0.25) is 4.79 Å². The summed E-state index contributed by atoms with van der Waals surface area (Å²) in [5.74, 6) is -0.169. The van der Waals surface area contributed by atoms with Crippen LogP contribution in [0.25, 0.3) is 0 Å². The number of hydrogen-bond donors (Lipinski definition) is 1. The molecule has 0 aliphatic rings. The van der Waals surface area contributed by atoms with Crippen LogP contribution in [0, 0.1) is 6.92 Å². The summed E-state index contributed by atoms with van der Waals surface area (Å²) < 4.78 is 30.9. The molecule has 0 atom stereocenters. The van der Waals surface area contributed by atoms with Crippen molar-refractivity contribution in [1.82, 2.24) is 5.16 Å². The zero-order valence-electron chi connectivity index (χ0n) is 9.01. The zero-order valence-corrected chi connectivity index (χ0v) is 11.4. The van der Waals surface area contributed by atoms with Gasteiger partial charge in [0.15, 0.2) is 6.29 Å². The monoisotopic (exact) mass is 306 g/mol. The van der Waals surface area contributed by atoms with Gasteiger partial charge in [-0.25, -0.2) is 13.1 Å². The van der Waals surface area contributed by atoms with Crippen molar-refractivity contribution in [2.75, 3.05) is 4.72 Å². The molecule has 0 spiro atoms. The number of halogens is 1. The lowest BCUT2D eigenvalue weighted by Crippen LogP contribution is -2.13. The van der Waals surface area contributed by atoms with Gasteiger partial charge in [0.25, 0.3) is 15.9 Å². The summed E-state index contributed by atoms with van der Waals surface area (Å²) in [6.45, 7) is 1.57. The molecule has 0 saturated heterocycles. The third-order valence-corrected chi connectivity index (χ3v) is 4.88. The number of aromatic nitrogens is 1. The van der Waals surface area contributed by atoms with Crippen LogP contribution in [0.4, 0.5) is 5.88 Å². The van der Waals surface area contributed by atoms with Crippen LogP contribution in [-0.4, -0.2) is 19.9 Å². The molecule has 6 nitrogen and oxygen atoms in total. The van der Waals surface area contributed by atoms with Crippen LogP contribution >= 0.6 is 22.9 Å². The van der Waals surface area contributed by atoms with Crippen molar-refractivity contribution in [3.05, 3.63) is 27.0 Å². The van der Waals surface area contributed by atoms with Gasteiger partial charge in [0, 0.05) is 0 Å². The molecule has 18 heavy (non-hydrogen) atoms. The van der Waals surface area contributed by atoms with Gasteiger partial charge in [-0.1, -0.05) is 16.8 Å². The highest BCUT2D eigenvalue weighted by atomic mass is 35.5. The maximum absolute atomic E-state index is 12.0. The highest BCUT2D eigenvalue weighted by Crippen LogP contribution is 2.28. The lowest BCUT2D eigenvalue weighted by molar-refractivity contribution is 0.112.